The Kier molecular flexibility index (Phi) is 5.86. The Balaban J connectivity index is 2.18. The van der Waals surface area contributed by atoms with Crippen LogP contribution in [0, 0.1) is 0 Å². The SMILES string of the molecule is CCC(=O)NC1N=C(C(=O)O)C=CN1Cc1cccc(OC(F)(F)F)c1. The first-order valence-corrected chi connectivity index (χ1v) is 7.57. The summed E-state index contributed by atoms with van der Waals surface area (Å²) >= 11 is 0. The van der Waals surface area contributed by atoms with E-state index in [1.807, 2.05) is 0 Å². The lowest BCUT2D eigenvalue weighted by Crippen LogP contribution is -2.46. The Morgan fingerprint density at radius 2 is 2.12 bits per heavy atom. The predicted octanol–water partition coefficient (Wildman–Crippen LogP) is 2.25. The predicted molar refractivity (Wildman–Crippen MR) is 85.1 cm³/mol. The zero-order valence-corrected chi connectivity index (χ0v) is 13.7. The van der Waals surface area contributed by atoms with Gasteiger partial charge in [0.25, 0.3) is 0 Å². The van der Waals surface area contributed by atoms with Crippen LogP contribution in [0.1, 0.15) is 18.9 Å². The number of carboxylic acid groups (broad SMARTS) is 1. The van der Waals surface area contributed by atoms with Crippen molar-refractivity contribution >= 4 is 17.6 Å². The van der Waals surface area contributed by atoms with Crippen LogP contribution in [-0.2, 0) is 16.1 Å². The molecule has 0 fully saturated rings. The number of carbonyl (C=O) groups excluding carboxylic acids is 1. The smallest absolute Gasteiger partial charge is 0.477 e. The molecular formula is C16H16F3N3O4. The molecule has 10 heteroatoms. The molecule has 2 N–H and O–H groups in total. The second-order valence-corrected chi connectivity index (χ2v) is 5.30. The van der Waals surface area contributed by atoms with Gasteiger partial charge < -0.3 is 20.1 Å². The molecule has 140 valence electrons. The maximum absolute atomic E-state index is 12.3. The summed E-state index contributed by atoms with van der Waals surface area (Å²) in [6, 6.07) is 5.35. The summed E-state index contributed by atoms with van der Waals surface area (Å²) in [4.78, 5) is 28.1. The molecule has 1 aliphatic heterocycles. The number of aliphatic imine (C=N–C) groups is 1. The third kappa shape index (κ3) is 5.50. The molecule has 0 saturated heterocycles. The van der Waals surface area contributed by atoms with Crippen molar-refractivity contribution in [3.63, 3.8) is 0 Å². The summed E-state index contributed by atoms with van der Waals surface area (Å²) < 4.78 is 40.9. The van der Waals surface area contributed by atoms with Gasteiger partial charge in [0.1, 0.15) is 11.5 Å². The number of amides is 1. The van der Waals surface area contributed by atoms with E-state index >= 15 is 0 Å². The highest BCUT2D eigenvalue weighted by Gasteiger charge is 2.31. The van der Waals surface area contributed by atoms with Gasteiger partial charge in [-0.25, -0.2) is 9.79 Å². The van der Waals surface area contributed by atoms with Crippen molar-refractivity contribution in [1.82, 2.24) is 10.2 Å². The van der Waals surface area contributed by atoms with E-state index in [0.717, 1.165) is 0 Å². The van der Waals surface area contributed by atoms with Gasteiger partial charge in [0.15, 0.2) is 6.29 Å². The standard InChI is InChI=1S/C16H16F3N3O4/c1-2-13(23)21-15-20-12(14(24)25)6-7-22(15)9-10-4-3-5-11(8-10)26-16(17,18)19/h3-8,15H,2,9H2,1H3,(H,21,23)(H,24,25). The maximum Gasteiger partial charge on any atom is 0.573 e. The average Bonchev–Trinajstić information content (AvgIpc) is 2.54. The summed E-state index contributed by atoms with van der Waals surface area (Å²) in [5, 5.41) is 11.6. The molecule has 26 heavy (non-hydrogen) atoms. The van der Waals surface area contributed by atoms with Crippen molar-refractivity contribution in [2.24, 2.45) is 4.99 Å². The highest BCUT2D eigenvalue weighted by atomic mass is 19.4. The van der Waals surface area contributed by atoms with Gasteiger partial charge in [0, 0.05) is 19.2 Å². The first-order valence-electron chi connectivity index (χ1n) is 7.57. The fraction of sp³-hybridized carbons (Fsp3) is 0.312. The third-order valence-electron chi connectivity index (χ3n) is 3.33. The number of aliphatic carboxylic acids is 1. The fourth-order valence-electron chi connectivity index (χ4n) is 2.18. The van der Waals surface area contributed by atoms with Crippen LogP contribution in [0.5, 0.6) is 5.75 Å². The van der Waals surface area contributed by atoms with Crippen molar-refractivity contribution in [3.8, 4) is 5.75 Å². The van der Waals surface area contributed by atoms with E-state index in [-0.39, 0.29) is 30.3 Å². The minimum absolute atomic E-state index is 0.0800. The molecule has 0 bridgehead atoms. The summed E-state index contributed by atoms with van der Waals surface area (Å²) in [6.07, 6.45) is -2.96. The van der Waals surface area contributed by atoms with Gasteiger partial charge in [-0.15, -0.1) is 13.2 Å². The molecule has 1 unspecified atom stereocenters. The first-order chi connectivity index (χ1) is 12.2. The quantitative estimate of drug-likeness (QED) is 0.800. The molecule has 1 aromatic rings. The number of hydrogen-bond acceptors (Lipinski definition) is 5. The minimum Gasteiger partial charge on any atom is -0.477 e. The number of alkyl halides is 3. The Bertz CT molecular complexity index is 747. The molecule has 0 aromatic heterocycles. The largest absolute Gasteiger partial charge is 0.573 e. The van der Waals surface area contributed by atoms with Crippen LogP contribution < -0.4 is 10.1 Å². The van der Waals surface area contributed by atoms with Gasteiger partial charge in [-0.2, -0.15) is 0 Å². The van der Waals surface area contributed by atoms with Crippen LogP contribution in [0.3, 0.4) is 0 Å². The number of carboxylic acids is 1. The average molecular weight is 371 g/mol. The van der Waals surface area contributed by atoms with Gasteiger partial charge in [0.2, 0.25) is 5.91 Å². The summed E-state index contributed by atoms with van der Waals surface area (Å²) in [6.45, 7) is 1.70. The Morgan fingerprint density at radius 3 is 2.73 bits per heavy atom. The number of nitrogens with zero attached hydrogens (tertiary/aromatic N) is 2. The van der Waals surface area contributed by atoms with E-state index < -0.39 is 18.6 Å². The van der Waals surface area contributed by atoms with E-state index in [1.54, 1.807) is 13.0 Å². The summed E-state index contributed by atoms with van der Waals surface area (Å²) in [5.74, 6) is -1.98. The van der Waals surface area contributed by atoms with Crippen molar-refractivity contribution in [2.45, 2.75) is 32.5 Å². The monoisotopic (exact) mass is 371 g/mol. The molecule has 1 aromatic carbocycles. The number of rotatable bonds is 6. The van der Waals surface area contributed by atoms with Gasteiger partial charge in [-0.3, -0.25) is 4.79 Å². The minimum atomic E-state index is -4.80. The number of halogens is 3. The molecule has 0 spiro atoms. The lowest BCUT2D eigenvalue weighted by atomic mass is 10.2. The second-order valence-electron chi connectivity index (χ2n) is 5.30. The van der Waals surface area contributed by atoms with Crippen molar-refractivity contribution < 1.29 is 32.6 Å². The second kappa shape index (κ2) is 7.89. The van der Waals surface area contributed by atoms with Crippen LogP contribution in [0.25, 0.3) is 0 Å². The normalized spacial score (nSPS) is 16.8. The van der Waals surface area contributed by atoms with Crippen molar-refractivity contribution in [2.75, 3.05) is 0 Å². The maximum atomic E-state index is 12.3. The summed E-state index contributed by atoms with van der Waals surface area (Å²) in [7, 11) is 0. The Hall–Kier alpha value is -3.04. The van der Waals surface area contributed by atoms with Crippen LogP contribution in [0.2, 0.25) is 0 Å². The lowest BCUT2D eigenvalue weighted by Gasteiger charge is -2.31. The van der Waals surface area contributed by atoms with E-state index in [4.69, 9.17) is 5.11 Å². The summed E-state index contributed by atoms with van der Waals surface area (Å²) in [5.41, 5.74) is 0.220. The zero-order valence-electron chi connectivity index (χ0n) is 13.7. The molecular weight excluding hydrogens is 355 g/mol. The number of hydrogen-bond donors (Lipinski definition) is 2. The Labute approximate surface area is 146 Å². The topological polar surface area (TPSA) is 91.2 Å². The van der Waals surface area contributed by atoms with Gasteiger partial charge in [-0.05, 0) is 23.8 Å². The number of carbonyl (C=O) groups is 2. The number of benzene rings is 1. The molecule has 0 saturated carbocycles. The highest BCUT2D eigenvalue weighted by molar-refractivity contribution is 6.40. The molecule has 1 atom stereocenters. The molecule has 1 heterocycles. The van der Waals surface area contributed by atoms with E-state index in [1.165, 1.54) is 35.4 Å². The molecule has 0 radical (unpaired) electrons. The highest BCUT2D eigenvalue weighted by Crippen LogP contribution is 2.24. The molecule has 1 amide bonds. The number of nitrogens with one attached hydrogen (secondary N) is 1. The van der Waals surface area contributed by atoms with Crippen molar-refractivity contribution in [1.29, 1.82) is 0 Å². The number of ether oxygens (including phenoxy) is 1. The zero-order chi connectivity index (χ0) is 19.3. The van der Waals surface area contributed by atoms with E-state index in [0.29, 0.717) is 5.56 Å². The lowest BCUT2D eigenvalue weighted by molar-refractivity contribution is -0.274. The van der Waals surface area contributed by atoms with Crippen LogP contribution >= 0.6 is 0 Å². The van der Waals surface area contributed by atoms with Crippen molar-refractivity contribution in [3.05, 3.63) is 42.1 Å². The molecule has 0 aliphatic carbocycles. The third-order valence-corrected chi connectivity index (χ3v) is 3.33. The van der Waals surface area contributed by atoms with Crippen LogP contribution in [0.4, 0.5) is 13.2 Å². The van der Waals surface area contributed by atoms with Crippen LogP contribution in [0.15, 0.2) is 41.5 Å². The first kappa shape index (κ1) is 19.3. The fourth-order valence-corrected chi connectivity index (χ4v) is 2.18. The van der Waals surface area contributed by atoms with E-state index in [9.17, 15) is 22.8 Å². The molecule has 1 aliphatic rings. The van der Waals surface area contributed by atoms with Gasteiger partial charge in [0.05, 0.1) is 0 Å². The van der Waals surface area contributed by atoms with Gasteiger partial charge in [-0.1, -0.05) is 19.1 Å². The van der Waals surface area contributed by atoms with E-state index in [2.05, 4.69) is 15.0 Å². The van der Waals surface area contributed by atoms with Gasteiger partial charge >= 0.3 is 12.3 Å². The Morgan fingerprint density at radius 1 is 1.38 bits per heavy atom. The molecule has 2 rings (SSSR count). The van der Waals surface area contributed by atoms with Crippen LogP contribution in [-0.4, -0.2) is 40.2 Å². The molecule has 7 nitrogen and oxygen atoms in total.